The Hall–Kier alpha value is -2.51. The molecule has 1 aromatic heterocycles. The van der Waals surface area contributed by atoms with Gasteiger partial charge < -0.3 is 14.5 Å². The molecular weight excluding hydrogens is 374 g/mol. The summed E-state index contributed by atoms with van der Waals surface area (Å²) in [5.74, 6) is 0.878. The first kappa shape index (κ1) is 18.3. The van der Waals surface area contributed by atoms with Gasteiger partial charge in [-0.3, -0.25) is 4.79 Å². The summed E-state index contributed by atoms with van der Waals surface area (Å²) in [6, 6.07) is 14.7. The predicted octanol–water partition coefficient (Wildman–Crippen LogP) is 4.34. The molecule has 26 heavy (non-hydrogen) atoms. The fraction of sp³-hybridized carbons (Fsp3) is 0.167. The minimum absolute atomic E-state index is 0.104. The second-order valence-electron chi connectivity index (χ2n) is 5.33. The SMILES string of the molecule is Cc1ccccc1NC(=O)CSc1nnc(COc2ccccc2Cl)o1. The van der Waals surface area contributed by atoms with Gasteiger partial charge in [-0.05, 0) is 30.7 Å². The zero-order chi connectivity index (χ0) is 18.4. The molecule has 3 rings (SSSR count). The third-order valence-electron chi connectivity index (χ3n) is 3.38. The van der Waals surface area contributed by atoms with Crippen LogP contribution >= 0.6 is 23.4 Å². The average molecular weight is 390 g/mol. The van der Waals surface area contributed by atoms with Crippen LogP contribution in [-0.2, 0) is 11.4 Å². The molecule has 0 bridgehead atoms. The Balaban J connectivity index is 1.48. The molecule has 8 heteroatoms. The van der Waals surface area contributed by atoms with Crippen LogP contribution in [0.1, 0.15) is 11.5 Å². The number of carbonyl (C=O) groups is 1. The Labute approximate surface area is 159 Å². The van der Waals surface area contributed by atoms with E-state index in [9.17, 15) is 4.79 Å². The van der Waals surface area contributed by atoms with Gasteiger partial charge in [-0.2, -0.15) is 0 Å². The lowest BCUT2D eigenvalue weighted by Gasteiger charge is -2.06. The molecule has 0 radical (unpaired) electrons. The molecule has 0 saturated carbocycles. The third kappa shape index (κ3) is 5.00. The Kier molecular flexibility index (Phi) is 6.14. The van der Waals surface area contributed by atoms with Crippen molar-refractivity contribution >= 4 is 35.0 Å². The number of hydrogen-bond acceptors (Lipinski definition) is 6. The summed E-state index contributed by atoms with van der Waals surface area (Å²) in [5, 5.41) is 11.5. The van der Waals surface area contributed by atoms with Gasteiger partial charge in [0.15, 0.2) is 6.61 Å². The van der Waals surface area contributed by atoms with E-state index < -0.39 is 0 Å². The van der Waals surface area contributed by atoms with E-state index in [2.05, 4.69) is 15.5 Å². The fourth-order valence-corrected chi connectivity index (χ4v) is 2.85. The van der Waals surface area contributed by atoms with Crippen LogP contribution in [0.2, 0.25) is 5.02 Å². The van der Waals surface area contributed by atoms with Crippen LogP contribution in [0.3, 0.4) is 0 Å². The van der Waals surface area contributed by atoms with Crippen LogP contribution in [0.25, 0.3) is 0 Å². The van der Waals surface area contributed by atoms with Crippen LogP contribution in [0, 0.1) is 6.92 Å². The number of halogens is 1. The van der Waals surface area contributed by atoms with Gasteiger partial charge in [0.05, 0.1) is 10.8 Å². The maximum absolute atomic E-state index is 12.0. The van der Waals surface area contributed by atoms with Gasteiger partial charge in [-0.25, -0.2) is 0 Å². The van der Waals surface area contributed by atoms with E-state index in [0.29, 0.717) is 21.9 Å². The Morgan fingerprint density at radius 2 is 1.96 bits per heavy atom. The zero-order valence-corrected chi connectivity index (χ0v) is 15.5. The van der Waals surface area contributed by atoms with Gasteiger partial charge in [0.2, 0.25) is 5.91 Å². The number of nitrogens with one attached hydrogen (secondary N) is 1. The number of aryl methyl sites for hydroxylation is 1. The highest BCUT2D eigenvalue weighted by Crippen LogP contribution is 2.24. The zero-order valence-electron chi connectivity index (χ0n) is 13.9. The minimum Gasteiger partial charge on any atom is -0.482 e. The Morgan fingerprint density at radius 3 is 2.77 bits per heavy atom. The third-order valence-corrected chi connectivity index (χ3v) is 4.51. The van der Waals surface area contributed by atoms with Gasteiger partial charge in [-0.1, -0.05) is 53.7 Å². The Bertz CT molecular complexity index is 901. The van der Waals surface area contributed by atoms with Gasteiger partial charge in [0.1, 0.15) is 5.75 Å². The monoisotopic (exact) mass is 389 g/mol. The van der Waals surface area contributed by atoms with Crippen molar-refractivity contribution in [2.45, 2.75) is 18.8 Å². The summed E-state index contributed by atoms with van der Waals surface area (Å²) in [7, 11) is 0. The molecule has 0 aliphatic heterocycles. The number of rotatable bonds is 7. The summed E-state index contributed by atoms with van der Waals surface area (Å²) < 4.78 is 11.0. The standard InChI is InChI=1S/C18H16ClN3O3S/c1-12-6-2-4-8-14(12)20-16(23)11-26-18-22-21-17(25-18)10-24-15-9-5-3-7-13(15)19/h2-9H,10-11H2,1H3,(H,20,23). The van der Waals surface area contributed by atoms with Crippen molar-refractivity contribution in [3.05, 3.63) is 65.0 Å². The smallest absolute Gasteiger partial charge is 0.277 e. The molecule has 0 fully saturated rings. The maximum Gasteiger partial charge on any atom is 0.277 e. The molecule has 3 aromatic rings. The van der Waals surface area contributed by atoms with Gasteiger partial charge in [-0.15, -0.1) is 10.2 Å². The number of anilines is 1. The van der Waals surface area contributed by atoms with Crippen molar-refractivity contribution in [1.82, 2.24) is 10.2 Å². The number of carbonyl (C=O) groups excluding carboxylic acids is 1. The average Bonchev–Trinajstić information content (AvgIpc) is 3.09. The van der Waals surface area contributed by atoms with Crippen molar-refractivity contribution in [3.8, 4) is 5.75 Å². The number of para-hydroxylation sites is 2. The quantitative estimate of drug-likeness (QED) is 0.605. The van der Waals surface area contributed by atoms with E-state index in [-0.39, 0.29) is 18.3 Å². The second-order valence-corrected chi connectivity index (χ2v) is 6.67. The number of nitrogens with zero attached hydrogens (tertiary/aromatic N) is 2. The van der Waals surface area contributed by atoms with E-state index in [1.165, 1.54) is 11.8 Å². The van der Waals surface area contributed by atoms with Crippen LogP contribution in [-0.4, -0.2) is 21.9 Å². The van der Waals surface area contributed by atoms with Crippen LogP contribution in [0.5, 0.6) is 5.75 Å². The van der Waals surface area contributed by atoms with E-state index >= 15 is 0 Å². The minimum atomic E-state index is -0.142. The number of thioether (sulfide) groups is 1. The molecule has 6 nitrogen and oxygen atoms in total. The van der Waals surface area contributed by atoms with Crippen molar-refractivity contribution in [3.63, 3.8) is 0 Å². The van der Waals surface area contributed by atoms with Crippen LogP contribution in [0.4, 0.5) is 5.69 Å². The number of amides is 1. The lowest BCUT2D eigenvalue weighted by Crippen LogP contribution is -2.14. The highest BCUT2D eigenvalue weighted by Gasteiger charge is 2.11. The first-order valence-electron chi connectivity index (χ1n) is 7.80. The topological polar surface area (TPSA) is 77.2 Å². The number of aromatic nitrogens is 2. The van der Waals surface area contributed by atoms with Gasteiger partial charge >= 0.3 is 0 Å². The molecule has 0 unspecified atom stereocenters. The van der Waals surface area contributed by atoms with Gasteiger partial charge in [0, 0.05) is 5.69 Å². The molecule has 2 aromatic carbocycles. The van der Waals surface area contributed by atoms with Crippen LogP contribution in [0.15, 0.2) is 58.2 Å². The number of hydrogen-bond donors (Lipinski definition) is 1. The lowest BCUT2D eigenvalue weighted by atomic mass is 10.2. The molecule has 1 heterocycles. The lowest BCUT2D eigenvalue weighted by molar-refractivity contribution is -0.113. The molecule has 1 N–H and O–H groups in total. The molecule has 134 valence electrons. The van der Waals surface area contributed by atoms with Crippen molar-refractivity contribution in [2.75, 3.05) is 11.1 Å². The molecule has 0 aliphatic rings. The maximum atomic E-state index is 12.0. The highest BCUT2D eigenvalue weighted by atomic mass is 35.5. The van der Waals surface area contributed by atoms with E-state index in [4.69, 9.17) is 20.8 Å². The van der Waals surface area contributed by atoms with E-state index in [0.717, 1.165) is 11.3 Å². The van der Waals surface area contributed by atoms with E-state index in [1.54, 1.807) is 12.1 Å². The fourth-order valence-electron chi connectivity index (χ4n) is 2.08. The van der Waals surface area contributed by atoms with E-state index in [1.807, 2.05) is 43.3 Å². The molecule has 0 saturated heterocycles. The van der Waals surface area contributed by atoms with Crippen LogP contribution < -0.4 is 10.1 Å². The van der Waals surface area contributed by atoms with Crippen molar-refractivity contribution in [2.24, 2.45) is 0 Å². The largest absolute Gasteiger partial charge is 0.482 e. The summed E-state index contributed by atoms with van der Waals surface area (Å²) in [6.45, 7) is 2.04. The summed E-state index contributed by atoms with van der Waals surface area (Å²) in [6.07, 6.45) is 0. The molecule has 0 aliphatic carbocycles. The summed E-state index contributed by atoms with van der Waals surface area (Å²) >= 11 is 7.18. The van der Waals surface area contributed by atoms with Crippen molar-refractivity contribution in [1.29, 1.82) is 0 Å². The molecule has 1 amide bonds. The van der Waals surface area contributed by atoms with Gasteiger partial charge in [0.25, 0.3) is 11.1 Å². The normalized spacial score (nSPS) is 10.5. The number of ether oxygens (including phenoxy) is 1. The molecular formula is C18H16ClN3O3S. The second kappa shape index (κ2) is 8.73. The summed E-state index contributed by atoms with van der Waals surface area (Å²) in [4.78, 5) is 12.0. The first-order chi connectivity index (χ1) is 12.6. The first-order valence-corrected chi connectivity index (χ1v) is 9.16. The molecule has 0 atom stereocenters. The molecule has 0 spiro atoms. The Morgan fingerprint density at radius 1 is 1.19 bits per heavy atom. The highest BCUT2D eigenvalue weighted by molar-refractivity contribution is 7.99. The van der Waals surface area contributed by atoms with Crippen molar-refractivity contribution < 1.29 is 13.9 Å². The number of benzene rings is 2. The predicted molar refractivity (Wildman–Crippen MR) is 101 cm³/mol. The summed E-state index contributed by atoms with van der Waals surface area (Å²) in [5.41, 5.74) is 1.79.